The number of carbonyl (C=O) groups is 1. The molecule has 0 spiro atoms. The van der Waals surface area contributed by atoms with Crippen LogP contribution in [0.2, 0.25) is 0 Å². The van der Waals surface area contributed by atoms with Crippen LogP contribution in [0.15, 0.2) is 29.1 Å². The van der Waals surface area contributed by atoms with E-state index < -0.39 is 5.97 Å². The predicted octanol–water partition coefficient (Wildman–Crippen LogP) is 0.527. The lowest BCUT2D eigenvalue weighted by Crippen LogP contribution is -1.96. The zero-order chi connectivity index (χ0) is 7.40. The molecule has 0 fully saturated rings. The molecule has 0 saturated carbocycles. The Bertz CT molecular complexity index is 227. The molecule has 0 bridgehead atoms. The smallest absolute Gasteiger partial charge is 0.354 e. The van der Waals surface area contributed by atoms with Gasteiger partial charge in [-0.15, -0.1) is 0 Å². The van der Waals surface area contributed by atoms with Crippen molar-refractivity contribution in [1.82, 2.24) is 0 Å². The van der Waals surface area contributed by atoms with E-state index in [2.05, 4.69) is 9.73 Å². The molecule has 10 heavy (non-hydrogen) atoms. The van der Waals surface area contributed by atoms with Crippen LogP contribution >= 0.6 is 0 Å². The number of hydrogen-bond acceptors (Lipinski definition) is 3. The number of rotatable bonds is 1. The largest absolute Gasteiger partial charge is 0.477 e. The number of aliphatic carboxylic acids is 1. The molecule has 52 valence electrons. The summed E-state index contributed by atoms with van der Waals surface area (Å²) in [4.78, 5) is 13.7. The van der Waals surface area contributed by atoms with Crippen molar-refractivity contribution < 1.29 is 14.6 Å². The lowest BCUT2D eigenvalue weighted by molar-refractivity contribution is -0.132. The van der Waals surface area contributed by atoms with Gasteiger partial charge in [0, 0.05) is 0 Å². The zero-order valence-electron chi connectivity index (χ0n) is 5.02. The van der Waals surface area contributed by atoms with E-state index in [9.17, 15) is 4.79 Å². The second-order valence-electron chi connectivity index (χ2n) is 1.56. The molecule has 4 nitrogen and oxygen atoms in total. The second kappa shape index (κ2) is 2.82. The molecular weight excluding hydrogens is 134 g/mol. The Morgan fingerprint density at radius 3 is 3.20 bits per heavy atom. The molecule has 0 saturated heterocycles. The van der Waals surface area contributed by atoms with Crippen LogP contribution in [0.3, 0.4) is 0 Å². The van der Waals surface area contributed by atoms with Gasteiger partial charge in [-0.1, -0.05) is 0 Å². The lowest BCUT2D eigenvalue weighted by atomic mass is 10.4. The van der Waals surface area contributed by atoms with Crippen molar-refractivity contribution in [3.05, 3.63) is 24.1 Å². The summed E-state index contributed by atoms with van der Waals surface area (Å²) >= 11 is 0. The first-order valence-electron chi connectivity index (χ1n) is 2.59. The average Bonchev–Trinajstić information content (AvgIpc) is 2.12. The SMILES string of the molecule is O=C(O)C1=CC=COC=N1. The Morgan fingerprint density at radius 1 is 1.70 bits per heavy atom. The van der Waals surface area contributed by atoms with Gasteiger partial charge >= 0.3 is 5.97 Å². The summed E-state index contributed by atoms with van der Waals surface area (Å²) in [6, 6.07) is 0. The van der Waals surface area contributed by atoms with Crippen LogP contribution in [0.25, 0.3) is 0 Å². The first-order chi connectivity index (χ1) is 4.80. The predicted molar refractivity (Wildman–Crippen MR) is 34.4 cm³/mol. The van der Waals surface area contributed by atoms with Gasteiger partial charge in [0.1, 0.15) is 0 Å². The first kappa shape index (κ1) is 6.54. The molecule has 0 radical (unpaired) electrons. The van der Waals surface area contributed by atoms with E-state index in [-0.39, 0.29) is 5.70 Å². The van der Waals surface area contributed by atoms with Gasteiger partial charge in [0.2, 0.25) is 0 Å². The van der Waals surface area contributed by atoms with Crippen LogP contribution in [0.1, 0.15) is 0 Å². The number of carboxylic acids is 1. The number of hydrogen-bond donors (Lipinski definition) is 1. The van der Waals surface area contributed by atoms with Gasteiger partial charge in [0.25, 0.3) is 0 Å². The third-order valence-corrected chi connectivity index (χ3v) is 0.883. The van der Waals surface area contributed by atoms with E-state index in [0.717, 1.165) is 6.40 Å². The van der Waals surface area contributed by atoms with Crippen LogP contribution in [0, 0.1) is 0 Å². The summed E-state index contributed by atoms with van der Waals surface area (Å²) in [6.45, 7) is 0. The Kier molecular flexibility index (Phi) is 1.84. The van der Waals surface area contributed by atoms with Crippen molar-refractivity contribution in [1.29, 1.82) is 0 Å². The number of carboxylic acid groups (broad SMARTS) is 1. The molecule has 1 rings (SSSR count). The highest BCUT2D eigenvalue weighted by atomic mass is 16.5. The van der Waals surface area contributed by atoms with Gasteiger partial charge in [-0.3, -0.25) is 0 Å². The summed E-state index contributed by atoms with van der Waals surface area (Å²) in [6.07, 6.45) is 5.24. The van der Waals surface area contributed by atoms with Crippen LogP contribution < -0.4 is 0 Å². The highest BCUT2D eigenvalue weighted by molar-refractivity contribution is 5.88. The average molecular weight is 139 g/mol. The molecular formula is C6H5NO3. The molecule has 0 amide bonds. The Labute approximate surface area is 57.1 Å². The molecule has 0 unspecified atom stereocenters. The summed E-state index contributed by atoms with van der Waals surface area (Å²) in [5, 5.41) is 8.39. The molecule has 1 aliphatic heterocycles. The molecule has 0 aromatic heterocycles. The van der Waals surface area contributed by atoms with Crippen LogP contribution in [-0.2, 0) is 9.53 Å². The standard InChI is InChI=1S/C6H5NO3/c8-6(9)5-2-1-3-10-4-7-5/h1-4H,(H,8,9). The molecule has 1 aliphatic rings. The van der Waals surface area contributed by atoms with E-state index in [4.69, 9.17) is 5.11 Å². The number of nitrogens with zero attached hydrogens (tertiary/aromatic N) is 1. The van der Waals surface area contributed by atoms with E-state index in [1.54, 1.807) is 0 Å². The minimum absolute atomic E-state index is 0.0336. The lowest BCUT2D eigenvalue weighted by Gasteiger charge is -1.87. The quantitative estimate of drug-likeness (QED) is 0.576. The summed E-state index contributed by atoms with van der Waals surface area (Å²) in [5.74, 6) is -1.06. The van der Waals surface area contributed by atoms with Crippen molar-refractivity contribution in [3.8, 4) is 0 Å². The number of allylic oxidation sites excluding steroid dienone is 2. The highest BCUT2D eigenvalue weighted by Gasteiger charge is 2.03. The fourth-order valence-electron chi connectivity index (χ4n) is 0.468. The number of ether oxygens (including phenoxy) is 1. The van der Waals surface area contributed by atoms with Crippen molar-refractivity contribution in [2.75, 3.05) is 0 Å². The fraction of sp³-hybridized carbons (Fsp3) is 0. The van der Waals surface area contributed by atoms with Crippen molar-refractivity contribution in [3.63, 3.8) is 0 Å². The van der Waals surface area contributed by atoms with Gasteiger partial charge in [0.15, 0.2) is 12.1 Å². The minimum Gasteiger partial charge on any atom is -0.477 e. The maximum atomic E-state index is 10.2. The molecule has 0 aromatic rings. The summed E-state index contributed by atoms with van der Waals surface area (Å²) < 4.78 is 4.59. The maximum Gasteiger partial charge on any atom is 0.354 e. The van der Waals surface area contributed by atoms with Gasteiger partial charge in [-0.25, -0.2) is 9.79 Å². The van der Waals surface area contributed by atoms with Crippen molar-refractivity contribution in [2.45, 2.75) is 0 Å². The van der Waals surface area contributed by atoms with E-state index in [1.165, 1.54) is 18.4 Å². The van der Waals surface area contributed by atoms with Gasteiger partial charge < -0.3 is 9.84 Å². The molecule has 0 aliphatic carbocycles. The second-order valence-corrected chi connectivity index (χ2v) is 1.56. The molecule has 0 atom stereocenters. The van der Waals surface area contributed by atoms with E-state index in [1.807, 2.05) is 0 Å². The van der Waals surface area contributed by atoms with Crippen LogP contribution in [0.4, 0.5) is 0 Å². The van der Waals surface area contributed by atoms with E-state index in [0.29, 0.717) is 0 Å². The number of aliphatic imine (C=N–C) groups is 1. The van der Waals surface area contributed by atoms with Crippen LogP contribution in [0.5, 0.6) is 0 Å². The summed E-state index contributed by atoms with van der Waals surface area (Å²) in [5.41, 5.74) is -0.0336. The zero-order valence-corrected chi connectivity index (χ0v) is 5.02. The van der Waals surface area contributed by atoms with E-state index >= 15 is 0 Å². The van der Waals surface area contributed by atoms with Crippen molar-refractivity contribution in [2.24, 2.45) is 4.99 Å². The minimum atomic E-state index is -1.06. The van der Waals surface area contributed by atoms with Crippen molar-refractivity contribution >= 4 is 12.4 Å². The molecule has 4 heteroatoms. The highest BCUT2D eigenvalue weighted by Crippen LogP contribution is 1.99. The Hall–Kier alpha value is -1.58. The molecule has 1 heterocycles. The monoisotopic (exact) mass is 139 g/mol. The van der Waals surface area contributed by atoms with Gasteiger partial charge in [-0.2, -0.15) is 0 Å². The fourth-order valence-corrected chi connectivity index (χ4v) is 0.468. The normalized spacial score (nSPS) is 15.4. The first-order valence-corrected chi connectivity index (χ1v) is 2.59. The topological polar surface area (TPSA) is 58.9 Å². The Balaban J connectivity index is 2.83. The third kappa shape index (κ3) is 1.45. The van der Waals surface area contributed by atoms with Gasteiger partial charge in [0.05, 0.1) is 6.26 Å². The Morgan fingerprint density at radius 2 is 2.50 bits per heavy atom. The third-order valence-electron chi connectivity index (χ3n) is 0.883. The van der Waals surface area contributed by atoms with Crippen LogP contribution in [-0.4, -0.2) is 17.5 Å². The summed E-state index contributed by atoms with van der Waals surface area (Å²) in [7, 11) is 0. The molecule has 0 aromatic carbocycles. The molecule has 1 N–H and O–H groups in total. The van der Waals surface area contributed by atoms with Gasteiger partial charge in [-0.05, 0) is 12.2 Å². The maximum absolute atomic E-state index is 10.2.